The van der Waals surface area contributed by atoms with E-state index in [0.717, 1.165) is 45.1 Å². The molecule has 3 heteroatoms. The predicted octanol–water partition coefficient (Wildman–Crippen LogP) is 3.47. The number of ketones is 1. The highest BCUT2D eigenvalue weighted by atomic mass is 16.1. The van der Waals surface area contributed by atoms with E-state index in [1.165, 1.54) is 6.42 Å². The molecular formula is C14H29NO2. The van der Waals surface area contributed by atoms with Crippen LogP contribution in [0.5, 0.6) is 0 Å². The summed E-state index contributed by atoms with van der Waals surface area (Å²) < 4.78 is 0. The molecule has 0 aliphatic rings. The second-order valence-electron chi connectivity index (χ2n) is 4.51. The highest BCUT2D eigenvalue weighted by molar-refractivity contribution is 5.77. The molecule has 0 aromatic carbocycles. The second-order valence-corrected chi connectivity index (χ2v) is 4.51. The third-order valence-electron chi connectivity index (χ3n) is 2.83. The first kappa shape index (κ1) is 16.1. The van der Waals surface area contributed by atoms with Crippen molar-refractivity contribution in [3.05, 3.63) is 0 Å². The molecule has 0 aliphatic carbocycles. The fraction of sp³-hybridized carbons (Fsp3) is 0.857. The lowest BCUT2D eigenvalue weighted by Crippen LogP contribution is -2.23. The quantitative estimate of drug-likeness (QED) is 0.565. The lowest BCUT2D eigenvalue weighted by molar-refractivity contribution is -0.121. The summed E-state index contributed by atoms with van der Waals surface area (Å²) in [4.78, 5) is 22.2. The Labute approximate surface area is 107 Å². The van der Waals surface area contributed by atoms with Gasteiger partial charge in [0.15, 0.2) is 0 Å². The second kappa shape index (κ2) is 11.6. The number of unbranched alkanes of at least 4 members (excludes halogenated alkanes) is 4. The van der Waals surface area contributed by atoms with Crippen molar-refractivity contribution in [3.8, 4) is 0 Å². The molecule has 0 aliphatic heterocycles. The average Bonchev–Trinajstić information content (AvgIpc) is 2.32. The third kappa shape index (κ3) is 11.4. The SMILES string of the molecule is CCCC(=O)NCCCCCCCC(=O)CC.[HH]. The van der Waals surface area contributed by atoms with E-state index in [-0.39, 0.29) is 7.33 Å². The van der Waals surface area contributed by atoms with Crippen LogP contribution in [0.3, 0.4) is 0 Å². The Kier molecular flexibility index (Phi) is 11.0. The van der Waals surface area contributed by atoms with Gasteiger partial charge in [0.2, 0.25) is 5.91 Å². The molecule has 0 atom stereocenters. The summed E-state index contributed by atoms with van der Waals surface area (Å²) in [5.74, 6) is 0.540. The number of carbonyl (C=O) groups excluding carboxylic acids is 2. The third-order valence-corrected chi connectivity index (χ3v) is 2.83. The zero-order valence-electron chi connectivity index (χ0n) is 11.4. The molecule has 0 spiro atoms. The Balaban J connectivity index is 0. The Hall–Kier alpha value is -0.860. The van der Waals surface area contributed by atoms with Crippen molar-refractivity contribution < 1.29 is 11.0 Å². The topological polar surface area (TPSA) is 46.2 Å². The molecule has 3 nitrogen and oxygen atoms in total. The van der Waals surface area contributed by atoms with Crippen molar-refractivity contribution in [1.29, 1.82) is 0 Å². The molecule has 0 fully saturated rings. The van der Waals surface area contributed by atoms with Gasteiger partial charge in [-0.3, -0.25) is 9.59 Å². The molecule has 0 saturated heterocycles. The molecule has 1 amide bonds. The molecule has 0 radical (unpaired) electrons. The van der Waals surface area contributed by atoms with Gasteiger partial charge in [-0.1, -0.05) is 33.1 Å². The fourth-order valence-corrected chi connectivity index (χ4v) is 1.70. The monoisotopic (exact) mass is 243 g/mol. The van der Waals surface area contributed by atoms with E-state index in [0.29, 0.717) is 18.6 Å². The van der Waals surface area contributed by atoms with E-state index < -0.39 is 0 Å². The summed E-state index contributed by atoms with van der Waals surface area (Å²) in [7, 11) is 0. The Bertz CT molecular complexity index is 220. The average molecular weight is 243 g/mol. The zero-order chi connectivity index (χ0) is 12.9. The highest BCUT2D eigenvalue weighted by Gasteiger charge is 1.99. The minimum Gasteiger partial charge on any atom is -0.356 e. The summed E-state index contributed by atoms with van der Waals surface area (Å²) >= 11 is 0. The van der Waals surface area contributed by atoms with Gasteiger partial charge in [0, 0.05) is 27.2 Å². The van der Waals surface area contributed by atoms with Gasteiger partial charge >= 0.3 is 0 Å². The molecule has 1 N–H and O–H groups in total. The standard InChI is InChI=1S/C14H27NO2.H2/c1-3-10-14(17)15-12-9-7-5-6-8-11-13(16)4-2;/h3-12H2,1-2H3,(H,15,17);1H. The predicted molar refractivity (Wildman–Crippen MR) is 73.0 cm³/mol. The van der Waals surface area contributed by atoms with Crippen LogP contribution in [-0.2, 0) is 9.59 Å². The Morgan fingerprint density at radius 2 is 1.59 bits per heavy atom. The van der Waals surface area contributed by atoms with Crippen LogP contribution >= 0.6 is 0 Å². The maximum Gasteiger partial charge on any atom is 0.219 e. The van der Waals surface area contributed by atoms with Gasteiger partial charge in [-0.05, 0) is 19.3 Å². The zero-order valence-corrected chi connectivity index (χ0v) is 11.4. The number of amides is 1. The maximum atomic E-state index is 11.1. The summed E-state index contributed by atoms with van der Waals surface area (Å²) in [5.41, 5.74) is 0. The van der Waals surface area contributed by atoms with Gasteiger partial charge in [0.05, 0.1) is 0 Å². The Morgan fingerprint density at radius 3 is 2.24 bits per heavy atom. The smallest absolute Gasteiger partial charge is 0.219 e. The van der Waals surface area contributed by atoms with E-state index in [2.05, 4.69) is 5.32 Å². The van der Waals surface area contributed by atoms with Gasteiger partial charge in [-0.2, -0.15) is 0 Å². The molecule has 0 rings (SSSR count). The van der Waals surface area contributed by atoms with Crippen molar-refractivity contribution in [2.75, 3.05) is 6.54 Å². The summed E-state index contributed by atoms with van der Waals surface area (Å²) in [6, 6.07) is 0. The molecule has 0 aromatic heterocycles. The van der Waals surface area contributed by atoms with Crippen LogP contribution in [0.4, 0.5) is 0 Å². The van der Waals surface area contributed by atoms with Crippen molar-refractivity contribution >= 4 is 11.7 Å². The van der Waals surface area contributed by atoms with E-state index in [1.54, 1.807) is 0 Å². The molecule has 0 bridgehead atoms. The first-order chi connectivity index (χ1) is 8.20. The van der Waals surface area contributed by atoms with E-state index in [9.17, 15) is 9.59 Å². The molecule has 0 saturated carbocycles. The minimum absolute atomic E-state index is 0. The number of rotatable bonds is 11. The molecule has 0 unspecified atom stereocenters. The number of Topliss-reactive ketones (excluding diaryl/α,β-unsaturated/α-hetero) is 1. The van der Waals surface area contributed by atoms with Gasteiger partial charge < -0.3 is 5.32 Å². The largest absolute Gasteiger partial charge is 0.356 e. The van der Waals surface area contributed by atoms with Crippen LogP contribution in [0.15, 0.2) is 0 Å². The molecule has 102 valence electrons. The molecule has 0 heterocycles. The van der Waals surface area contributed by atoms with Gasteiger partial charge in [-0.25, -0.2) is 0 Å². The van der Waals surface area contributed by atoms with E-state index in [4.69, 9.17) is 0 Å². The molecule has 17 heavy (non-hydrogen) atoms. The fourth-order valence-electron chi connectivity index (χ4n) is 1.70. The van der Waals surface area contributed by atoms with Crippen LogP contribution in [0.1, 0.15) is 73.1 Å². The van der Waals surface area contributed by atoms with Crippen LogP contribution in [0.25, 0.3) is 0 Å². The molecule has 0 aromatic rings. The van der Waals surface area contributed by atoms with E-state index in [1.807, 2.05) is 13.8 Å². The molecular weight excluding hydrogens is 214 g/mol. The van der Waals surface area contributed by atoms with Crippen molar-refractivity contribution in [2.45, 2.75) is 71.6 Å². The lowest BCUT2D eigenvalue weighted by Gasteiger charge is -2.04. The summed E-state index contributed by atoms with van der Waals surface area (Å²) in [6.45, 7) is 4.73. The highest BCUT2D eigenvalue weighted by Crippen LogP contribution is 2.06. The first-order valence-corrected chi connectivity index (χ1v) is 6.99. The number of carbonyl (C=O) groups is 2. The summed E-state index contributed by atoms with van der Waals surface area (Å²) in [6.07, 6.45) is 8.48. The number of nitrogens with one attached hydrogen (secondary N) is 1. The number of hydrogen-bond donors (Lipinski definition) is 1. The normalized spacial score (nSPS) is 10.2. The van der Waals surface area contributed by atoms with Crippen molar-refractivity contribution in [2.24, 2.45) is 0 Å². The van der Waals surface area contributed by atoms with Crippen LogP contribution in [-0.4, -0.2) is 18.2 Å². The van der Waals surface area contributed by atoms with Crippen LogP contribution in [0, 0.1) is 0 Å². The summed E-state index contributed by atoms with van der Waals surface area (Å²) in [5, 5.41) is 2.91. The minimum atomic E-state index is 0. The van der Waals surface area contributed by atoms with Crippen molar-refractivity contribution in [1.82, 2.24) is 5.32 Å². The van der Waals surface area contributed by atoms with Gasteiger partial charge in [-0.15, -0.1) is 0 Å². The Morgan fingerprint density at radius 1 is 0.941 bits per heavy atom. The van der Waals surface area contributed by atoms with Crippen LogP contribution in [0.2, 0.25) is 0 Å². The van der Waals surface area contributed by atoms with Crippen LogP contribution < -0.4 is 5.32 Å². The van der Waals surface area contributed by atoms with Crippen molar-refractivity contribution in [3.63, 3.8) is 0 Å². The lowest BCUT2D eigenvalue weighted by atomic mass is 10.1. The van der Waals surface area contributed by atoms with Gasteiger partial charge in [0.1, 0.15) is 5.78 Å². The van der Waals surface area contributed by atoms with Gasteiger partial charge in [0.25, 0.3) is 0 Å². The van der Waals surface area contributed by atoms with E-state index >= 15 is 0 Å². The number of hydrogen-bond acceptors (Lipinski definition) is 2. The first-order valence-electron chi connectivity index (χ1n) is 6.99. The maximum absolute atomic E-state index is 11.1.